The van der Waals surface area contributed by atoms with E-state index in [0.29, 0.717) is 5.57 Å². The molecule has 0 unspecified atom stereocenters. The normalized spacial score (nSPS) is 38.9. The Bertz CT molecular complexity index is 640. The highest BCUT2D eigenvalue weighted by Gasteiger charge is 2.72. The van der Waals surface area contributed by atoms with Gasteiger partial charge in [0.2, 0.25) is 23.1 Å². The largest absolute Gasteiger partial charge is 0.346 e. The summed E-state index contributed by atoms with van der Waals surface area (Å²) < 4.78 is 22.4. The van der Waals surface area contributed by atoms with E-state index in [1.165, 1.54) is 28.4 Å². The van der Waals surface area contributed by atoms with E-state index in [2.05, 4.69) is 0 Å². The predicted molar refractivity (Wildman–Crippen MR) is 85.0 cm³/mol. The van der Waals surface area contributed by atoms with Crippen LogP contribution in [0.15, 0.2) is 23.8 Å². The third kappa shape index (κ3) is 1.69. The standard InChI is InChI=1S/C18H24O6/c1-10-9-12-13(18(23-5,24-6)14(10)19)11-7-8-16(12,2)15(20)17(11,21-3)22-4/h7-9,11-13H,1-6H3/t11-,12-,13+,16+/m1/s1. The highest BCUT2D eigenvalue weighted by molar-refractivity contribution is 6.04. The number of rotatable bonds is 4. The fourth-order valence-corrected chi connectivity index (χ4v) is 4.85. The van der Waals surface area contributed by atoms with Gasteiger partial charge in [0.05, 0.1) is 5.41 Å². The minimum Gasteiger partial charge on any atom is -0.346 e. The number of methoxy groups -OCH3 is 4. The van der Waals surface area contributed by atoms with Gasteiger partial charge in [-0.1, -0.05) is 18.2 Å². The van der Waals surface area contributed by atoms with Gasteiger partial charge in [-0.3, -0.25) is 9.59 Å². The molecule has 0 aromatic rings. The molecule has 6 nitrogen and oxygen atoms in total. The molecule has 0 saturated heterocycles. The van der Waals surface area contributed by atoms with E-state index >= 15 is 0 Å². The molecule has 0 spiro atoms. The van der Waals surface area contributed by atoms with Crippen LogP contribution in [0.5, 0.6) is 0 Å². The van der Waals surface area contributed by atoms with Crippen LogP contribution in [-0.2, 0) is 28.5 Å². The topological polar surface area (TPSA) is 71.1 Å². The number of allylic oxidation sites excluding steroid dienone is 2. The molecule has 0 aromatic carbocycles. The van der Waals surface area contributed by atoms with Crippen LogP contribution in [0.2, 0.25) is 0 Å². The van der Waals surface area contributed by atoms with E-state index in [1.807, 2.05) is 25.2 Å². The summed E-state index contributed by atoms with van der Waals surface area (Å²) in [5, 5.41) is 0. The minimum absolute atomic E-state index is 0.145. The lowest BCUT2D eigenvalue weighted by Crippen LogP contribution is -2.72. The van der Waals surface area contributed by atoms with E-state index in [9.17, 15) is 9.59 Å². The summed E-state index contributed by atoms with van der Waals surface area (Å²) in [6.45, 7) is 3.58. The molecule has 0 N–H and O–H groups in total. The number of ketones is 2. The van der Waals surface area contributed by atoms with E-state index < -0.39 is 28.8 Å². The molecule has 0 aromatic heterocycles. The van der Waals surface area contributed by atoms with Gasteiger partial charge in [-0.2, -0.15) is 0 Å². The zero-order valence-corrected chi connectivity index (χ0v) is 14.9. The van der Waals surface area contributed by atoms with Crippen molar-refractivity contribution in [1.82, 2.24) is 0 Å². The first-order valence-corrected chi connectivity index (χ1v) is 7.97. The maximum atomic E-state index is 13.2. The Hall–Kier alpha value is -1.34. The molecular weight excluding hydrogens is 312 g/mol. The monoisotopic (exact) mass is 336 g/mol. The number of carbonyl (C=O) groups excluding carboxylic acids is 2. The zero-order chi connectivity index (χ0) is 17.9. The first-order valence-electron chi connectivity index (χ1n) is 7.97. The second-order valence-corrected chi connectivity index (χ2v) is 6.88. The molecule has 132 valence electrons. The second-order valence-electron chi connectivity index (χ2n) is 6.88. The molecule has 4 rings (SSSR count). The average Bonchev–Trinajstić information content (AvgIpc) is 2.59. The smallest absolute Gasteiger partial charge is 0.237 e. The Balaban J connectivity index is 2.30. The minimum atomic E-state index is -1.47. The van der Waals surface area contributed by atoms with Crippen molar-refractivity contribution in [3.05, 3.63) is 23.8 Å². The number of hydrogen-bond acceptors (Lipinski definition) is 6. The molecule has 24 heavy (non-hydrogen) atoms. The van der Waals surface area contributed by atoms with Crippen LogP contribution in [0.3, 0.4) is 0 Å². The van der Waals surface area contributed by atoms with Crippen LogP contribution < -0.4 is 0 Å². The van der Waals surface area contributed by atoms with E-state index in [1.54, 1.807) is 6.92 Å². The van der Waals surface area contributed by atoms with Crippen molar-refractivity contribution in [2.75, 3.05) is 28.4 Å². The molecule has 1 saturated carbocycles. The van der Waals surface area contributed by atoms with E-state index in [4.69, 9.17) is 18.9 Å². The number of hydrogen-bond donors (Lipinski definition) is 0. The second kappa shape index (κ2) is 5.33. The third-order valence-electron chi connectivity index (χ3n) is 6.12. The van der Waals surface area contributed by atoms with Crippen LogP contribution in [-0.4, -0.2) is 51.6 Å². The van der Waals surface area contributed by atoms with Crippen LogP contribution >= 0.6 is 0 Å². The van der Waals surface area contributed by atoms with Crippen molar-refractivity contribution in [2.45, 2.75) is 25.4 Å². The molecule has 1 fully saturated rings. The lowest BCUT2D eigenvalue weighted by Gasteiger charge is -2.61. The van der Waals surface area contributed by atoms with Gasteiger partial charge in [-0.25, -0.2) is 0 Å². The summed E-state index contributed by atoms with van der Waals surface area (Å²) in [7, 11) is 5.80. The Morgan fingerprint density at radius 3 is 1.96 bits per heavy atom. The van der Waals surface area contributed by atoms with E-state index in [0.717, 1.165) is 0 Å². The number of ether oxygens (including phenoxy) is 4. The van der Waals surface area contributed by atoms with Gasteiger partial charge in [0.25, 0.3) is 0 Å². The SMILES string of the molecule is COC1(OC)C(=O)C(C)=C[C@@H]2[C@@H]1[C@H]1C=C[C@]2(C)C(=O)C1(OC)OC. The zero-order valence-electron chi connectivity index (χ0n) is 14.9. The Morgan fingerprint density at radius 1 is 0.917 bits per heavy atom. The molecule has 4 aliphatic carbocycles. The fourth-order valence-electron chi connectivity index (χ4n) is 4.85. The molecule has 0 heterocycles. The Morgan fingerprint density at radius 2 is 1.46 bits per heavy atom. The number of fused-ring (bicyclic) bond motifs is 1. The number of carbonyl (C=O) groups is 2. The summed E-state index contributed by atoms with van der Waals surface area (Å²) in [4.78, 5) is 26.1. The molecule has 2 bridgehead atoms. The average molecular weight is 336 g/mol. The van der Waals surface area contributed by atoms with Gasteiger partial charge < -0.3 is 18.9 Å². The summed E-state index contributed by atoms with van der Waals surface area (Å²) in [6, 6.07) is 0. The molecular formula is C18H24O6. The molecule has 0 aliphatic heterocycles. The van der Waals surface area contributed by atoms with E-state index in [-0.39, 0.29) is 17.5 Å². The van der Waals surface area contributed by atoms with Crippen molar-refractivity contribution >= 4 is 11.6 Å². The Kier molecular flexibility index (Phi) is 3.88. The molecule has 0 amide bonds. The van der Waals surface area contributed by atoms with Gasteiger partial charge in [-0.05, 0) is 19.4 Å². The van der Waals surface area contributed by atoms with Crippen LogP contribution in [0, 0.1) is 23.2 Å². The van der Waals surface area contributed by atoms with Crippen LogP contribution in [0.25, 0.3) is 0 Å². The summed E-state index contributed by atoms with van der Waals surface area (Å²) in [6.07, 6.45) is 5.66. The Labute approximate surface area is 141 Å². The first kappa shape index (κ1) is 17.5. The maximum Gasteiger partial charge on any atom is 0.237 e. The van der Waals surface area contributed by atoms with Gasteiger partial charge in [0.1, 0.15) is 0 Å². The lowest BCUT2D eigenvalue weighted by atomic mass is 9.48. The molecule has 4 atom stereocenters. The predicted octanol–water partition coefficient (Wildman–Crippen LogP) is 1.50. The van der Waals surface area contributed by atoms with Gasteiger partial charge in [0, 0.05) is 46.2 Å². The highest BCUT2D eigenvalue weighted by Crippen LogP contribution is 2.61. The first-order chi connectivity index (χ1) is 11.3. The van der Waals surface area contributed by atoms with Crippen molar-refractivity contribution in [2.24, 2.45) is 23.2 Å². The fraction of sp³-hybridized carbons (Fsp3) is 0.667. The summed E-state index contributed by atoms with van der Waals surface area (Å²) in [5.41, 5.74) is -0.328. The maximum absolute atomic E-state index is 13.2. The van der Waals surface area contributed by atoms with Crippen molar-refractivity contribution in [3.63, 3.8) is 0 Å². The third-order valence-corrected chi connectivity index (χ3v) is 6.12. The lowest BCUT2D eigenvalue weighted by molar-refractivity contribution is -0.302. The molecule has 4 aliphatic rings. The van der Waals surface area contributed by atoms with Crippen molar-refractivity contribution < 1.29 is 28.5 Å². The summed E-state index contributed by atoms with van der Waals surface area (Å²) >= 11 is 0. The number of Topliss-reactive ketones (excluding diaryl/α,β-unsaturated/α-hetero) is 2. The quantitative estimate of drug-likeness (QED) is 0.572. The molecule has 0 radical (unpaired) electrons. The van der Waals surface area contributed by atoms with Crippen LogP contribution in [0.1, 0.15) is 13.8 Å². The van der Waals surface area contributed by atoms with Crippen molar-refractivity contribution in [3.8, 4) is 0 Å². The highest BCUT2D eigenvalue weighted by atomic mass is 16.7. The molecule has 6 heteroatoms. The van der Waals surface area contributed by atoms with Gasteiger partial charge >= 0.3 is 0 Å². The van der Waals surface area contributed by atoms with Crippen molar-refractivity contribution in [1.29, 1.82) is 0 Å². The van der Waals surface area contributed by atoms with Gasteiger partial charge in [-0.15, -0.1) is 0 Å². The van der Waals surface area contributed by atoms with Gasteiger partial charge in [0.15, 0.2) is 0 Å². The van der Waals surface area contributed by atoms with Crippen LogP contribution in [0.4, 0.5) is 0 Å². The summed E-state index contributed by atoms with van der Waals surface area (Å²) in [5.74, 6) is -4.47.